The van der Waals surface area contributed by atoms with E-state index in [1.807, 2.05) is 24.3 Å². The molecule has 21 heavy (non-hydrogen) atoms. The second-order valence-corrected chi connectivity index (χ2v) is 5.68. The lowest BCUT2D eigenvalue weighted by Gasteiger charge is -2.04. The maximum absolute atomic E-state index is 13.5. The van der Waals surface area contributed by atoms with Gasteiger partial charge in [0.2, 0.25) is 0 Å². The Morgan fingerprint density at radius 1 is 1.14 bits per heavy atom. The average molecular weight is 300 g/mol. The second-order valence-electron chi connectivity index (χ2n) is 4.56. The highest BCUT2D eigenvalue weighted by atomic mass is 32.1. The summed E-state index contributed by atoms with van der Waals surface area (Å²) in [5.74, 6) is -0.899. The summed E-state index contributed by atoms with van der Waals surface area (Å²) in [6.07, 6.45) is 0.638. The molecule has 1 heterocycles. The Morgan fingerprint density at radius 2 is 1.90 bits per heavy atom. The number of fused-ring (bicyclic) bond motifs is 1. The van der Waals surface area contributed by atoms with Crippen LogP contribution in [0.4, 0.5) is 4.39 Å². The number of nitrogens with zero attached hydrogens (tertiary/aromatic N) is 1. The molecule has 5 heteroatoms. The minimum absolute atomic E-state index is 0.0711. The SMILES string of the molecule is O=C(NCCc1nc2ccccc2s1)c1ccccc1F. The minimum Gasteiger partial charge on any atom is -0.352 e. The summed E-state index contributed by atoms with van der Waals surface area (Å²) in [6, 6.07) is 13.9. The Bertz CT molecular complexity index is 752. The fourth-order valence-corrected chi connectivity index (χ4v) is 3.02. The number of benzene rings is 2. The van der Waals surface area contributed by atoms with E-state index in [0.717, 1.165) is 15.2 Å². The van der Waals surface area contributed by atoms with E-state index in [1.54, 1.807) is 23.5 Å². The van der Waals surface area contributed by atoms with Crippen molar-refractivity contribution in [3.63, 3.8) is 0 Å². The molecular formula is C16H13FN2OS. The van der Waals surface area contributed by atoms with Gasteiger partial charge in [-0.1, -0.05) is 24.3 Å². The van der Waals surface area contributed by atoms with E-state index in [9.17, 15) is 9.18 Å². The first-order chi connectivity index (χ1) is 10.2. The Labute approximate surface area is 125 Å². The van der Waals surface area contributed by atoms with E-state index in [4.69, 9.17) is 0 Å². The largest absolute Gasteiger partial charge is 0.352 e. The molecule has 0 saturated heterocycles. The van der Waals surface area contributed by atoms with Crippen molar-refractivity contribution < 1.29 is 9.18 Å². The monoisotopic (exact) mass is 300 g/mol. The summed E-state index contributed by atoms with van der Waals surface area (Å²) in [5, 5.41) is 3.68. The number of carbonyl (C=O) groups is 1. The molecule has 106 valence electrons. The molecule has 1 N–H and O–H groups in total. The van der Waals surface area contributed by atoms with Crippen LogP contribution < -0.4 is 5.32 Å². The topological polar surface area (TPSA) is 42.0 Å². The predicted octanol–water partition coefficient (Wildman–Crippen LogP) is 3.41. The van der Waals surface area contributed by atoms with E-state index in [0.29, 0.717) is 13.0 Å². The van der Waals surface area contributed by atoms with Crippen LogP contribution in [0.15, 0.2) is 48.5 Å². The van der Waals surface area contributed by atoms with Crippen LogP contribution in [0.5, 0.6) is 0 Å². The van der Waals surface area contributed by atoms with E-state index in [1.165, 1.54) is 12.1 Å². The first kappa shape index (κ1) is 13.7. The van der Waals surface area contributed by atoms with Gasteiger partial charge in [0, 0.05) is 13.0 Å². The van der Waals surface area contributed by atoms with Crippen LogP contribution in [-0.2, 0) is 6.42 Å². The van der Waals surface area contributed by atoms with Gasteiger partial charge in [-0.15, -0.1) is 11.3 Å². The molecule has 3 nitrogen and oxygen atoms in total. The predicted molar refractivity (Wildman–Crippen MR) is 82.1 cm³/mol. The van der Waals surface area contributed by atoms with Crippen molar-refractivity contribution in [1.29, 1.82) is 0 Å². The Morgan fingerprint density at radius 3 is 2.71 bits per heavy atom. The van der Waals surface area contributed by atoms with Gasteiger partial charge < -0.3 is 5.32 Å². The molecule has 0 radical (unpaired) electrons. The summed E-state index contributed by atoms with van der Waals surface area (Å²) < 4.78 is 14.6. The molecule has 0 aliphatic rings. The number of hydrogen-bond acceptors (Lipinski definition) is 3. The lowest BCUT2D eigenvalue weighted by molar-refractivity contribution is 0.0950. The lowest BCUT2D eigenvalue weighted by Crippen LogP contribution is -2.26. The number of halogens is 1. The van der Waals surface area contributed by atoms with Gasteiger partial charge >= 0.3 is 0 Å². The molecule has 0 aliphatic carbocycles. The zero-order chi connectivity index (χ0) is 14.7. The highest BCUT2D eigenvalue weighted by Crippen LogP contribution is 2.21. The van der Waals surface area contributed by atoms with Crippen LogP contribution in [-0.4, -0.2) is 17.4 Å². The van der Waals surface area contributed by atoms with Gasteiger partial charge in [-0.25, -0.2) is 9.37 Å². The lowest BCUT2D eigenvalue weighted by atomic mass is 10.2. The smallest absolute Gasteiger partial charge is 0.254 e. The fourth-order valence-electron chi connectivity index (χ4n) is 2.05. The van der Waals surface area contributed by atoms with Crippen molar-refractivity contribution in [1.82, 2.24) is 10.3 Å². The van der Waals surface area contributed by atoms with E-state index in [-0.39, 0.29) is 5.56 Å². The minimum atomic E-state index is -0.505. The third-order valence-electron chi connectivity index (χ3n) is 3.08. The molecule has 0 saturated carbocycles. The molecule has 0 unspecified atom stereocenters. The summed E-state index contributed by atoms with van der Waals surface area (Å²) in [5.41, 5.74) is 1.04. The molecule has 1 aromatic heterocycles. The number of thiazole rings is 1. The molecule has 0 spiro atoms. The van der Waals surface area contributed by atoms with Crippen molar-refractivity contribution in [3.05, 3.63) is 64.9 Å². The summed E-state index contributed by atoms with van der Waals surface area (Å²) in [6.45, 7) is 0.437. The number of amides is 1. The van der Waals surface area contributed by atoms with Crippen LogP contribution >= 0.6 is 11.3 Å². The van der Waals surface area contributed by atoms with E-state index < -0.39 is 11.7 Å². The zero-order valence-corrected chi connectivity index (χ0v) is 12.0. The molecular weight excluding hydrogens is 287 g/mol. The third-order valence-corrected chi connectivity index (χ3v) is 4.18. The summed E-state index contributed by atoms with van der Waals surface area (Å²) in [4.78, 5) is 16.4. The first-order valence-corrected chi connectivity index (χ1v) is 7.43. The van der Waals surface area contributed by atoms with Crippen molar-refractivity contribution in [2.24, 2.45) is 0 Å². The summed E-state index contributed by atoms with van der Waals surface area (Å²) in [7, 11) is 0. The van der Waals surface area contributed by atoms with Crippen LogP contribution in [0.3, 0.4) is 0 Å². The van der Waals surface area contributed by atoms with E-state index >= 15 is 0 Å². The van der Waals surface area contributed by atoms with Gasteiger partial charge in [0.05, 0.1) is 20.8 Å². The first-order valence-electron chi connectivity index (χ1n) is 6.61. The van der Waals surface area contributed by atoms with Crippen molar-refractivity contribution in [2.75, 3.05) is 6.54 Å². The molecule has 0 bridgehead atoms. The van der Waals surface area contributed by atoms with Gasteiger partial charge in [0.15, 0.2) is 0 Å². The van der Waals surface area contributed by atoms with Gasteiger partial charge in [-0.05, 0) is 24.3 Å². The molecule has 0 atom stereocenters. The highest BCUT2D eigenvalue weighted by Gasteiger charge is 2.10. The van der Waals surface area contributed by atoms with Crippen LogP contribution in [0.1, 0.15) is 15.4 Å². The quantitative estimate of drug-likeness (QED) is 0.802. The maximum atomic E-state index is 13.5. The maximum Gasteiger partial charge on any atom is 0.254 e. The molecule has 0 aliphatic heterocycles. The van der Waals surface area contributed by atoms with E-state index in [2.05, 4.69) is 10.3 Å². The normalized spacial score (nSPS) is 10.7. The molecule has 3 aromatic rings. The number of para-hydroxylation sites is 1. The van der Waals surface area contributed by atoms with Crippen LogP contribution in [0, 0.1) is 5.82 Å². The third kappa shape index (κ3) is 3.08. The molecule has 1 amide bonds. The van der Waals surface area contributed by atoms with Crippen molar-refractivity contribution in [2.45, 2.75) is 6.42 Å². The Balaban J connectivity index is 1.61. The number of rotatable bonds is 4. The average Bonchev–Trinajstić information content (AvgIpc) is 2.90. The van der Waals surface area contributed by atoms with Crippen molar-refractivity contribution >= 4 is 27.5 Å². The van der Waals surface area contributed by atoms with Gasteiger partial charge in [-0.2, -0.15) is 0 Å². The van der Waals surface area contributed by atoms with Crippen LogP contribution in [0.2, 0.25) is 0 Å². The van der Waals surface area contributed by atoms with Crippen molar-refractivity contribution in [3.8, 4) is 0 Å². The Hall–Kier alpha value is -2.27. The van der Waals surface area contributed by atoms with Gasteiger partial charge in [-0.3, -0.25) is 4.79 Å². The highest BCUT2D eigenvalue weighted by molar-refractivity contribution is 7.18. The molecule has 3 rings (SSSR count). The van der Waals surface area contributed by atoms with Gasteiger partial charge in [0.25, 0.3) is 5.91 Å². The molecule has 0 fully saturated rings. The summed E-state index contributed by atoms with van der Waals surface area (Å²) >= 11 is 1.61. The second kappa shape index (κ2) is 6.01. The van der Waals surface area contributed by atoms with Gasteiger partial charge in [0.1, 0.15) is 5.82 Å². The number of carbonyl (C=O) groups excluding carboxylic acids is 1. The number of hydrogen-bond donors (Lipinski definition) is 1. The standard InChI is InChI=1S/C16H13FN2OS/c17-12-6-2-1-5-11(12)16(20)18-10-9-15-19-13-7-3-4-8-14(13)21-15/h1-8H,9-10H2,(H,18,20). The van der Waals surface area contributed by atoms with Crippen LogP contribution in [0.25, 0.3) is 10.2 Å². The number of nitrogens with one attached hydrogen (secondary N) is 1. The fraction of sp³-hybridized carbons (Fsp3) is 0.125. The molecule has 2 aromatic carbocycles. The Kier molecular flexibility index (Phi) is 3.92. The number of aromatic nitrogens is 1. The zero-order valence-electron chi connectivity index (χ0n) is 11.2.